The largest absolute Gasteiger partial charge is 0.493 e. The molecule has 0 radical (unpaired) electrons. The fraction of sp³-hybridized carbons (Fsp3) is 0.0833. The standard InChI is InChI=1S/C24H19N3O6/c1-32-20-13-15(10-12-21-25-23(28)22(27(30)31)24(29)26-21)9-11-19(20)33-14-17-7-4-6-16-5-2-3-8-18(16)17/h2-13H,14H2,1H3,(H2,25,26,28,29)/b12-10+. The van der Waals surface area contributed by atoms with Crippen LogP contribution >= 0.6 is 0 Å². The van der Waals surface area contributed by atoms with Gasteiger partial charge in [0.25, 0.3) is 5.88 Å². The number of aromatic nitrogens is 2. The Balaban J connectivity index is 1.53. The van der Waals surface area contributed by atoms with E-state index in [-0.39, 0.29) is 5.82 Å². The van der Waals surface area contributed by atoms with Crippen LogP contribution in [-0.4, -0.2) is 27.1 Å². The minimum Gasteiger partial charge on any atom is -0.493 e. The van der Waals surface area contributed by atoms with Gasteiger partial charge < -0.3 is 19.6 Å². The Bertz CT molecular complexity index is 1420. The van der Waals surface area contributed by atoms with Gasteiger partial charge in [0.05, 0.1) is 12.0 Å². The molecule has 9 heteroatoms. The molecule has 0 spiro atoms. The van der Waals surface area contributed by atoms with E-state index >= 15 is 0 Å². The molecule has 166 valence electrons. The van der Waals surface area contributed by atoms with Gasteiger partial charge in [0.2, 0.25) is 0 Å². The Morgan fingerprint density at radius 3 is 2.64 bits per heavy atom. The molecule has 0 atom stereocenters. The summed E-state index contributed by atoms with van der Waals surface area (Å²) in [5, 5.41) is 22.7. The second-order valence-electron chi connectivity index (χ2n) is 7.05. The van der Waals surface area contributed by atoms with Crippen molar-refractivity contribution in [3.05, 3.63) is 98.1 Å². The predicted molar refractivity (Wildman–Crippen MR) is 123 cm³/mol. The summed E-state index contributed by atoms with van der Waals surface area (Å²) in [6.07, 6.45) is 3.02. The van der Waals surface area contributed by atoms with E-state index in [4.69, 9.17) is 9.47 Å². The highest BCUT2D eigenvalue weighted by Gasteiger charge is 2.21. The van der Waals surface area contributed by atoms with Crippen molar-refractivity contribution in [3.8, 4) is 17.4 Å². The van der Waals surface area contributed by atoms with Crippen molar-refractivity contribution in [3.63, 3.8) is 0 Å². The van der Waals surface area contributed by atoms with Crippen LogP contribution in [0.25, 0.3) is 22.9 Å². The van der Waals surface area contributed by atoms with Crippen LogP contribution in [-0.2, 0) is 6.61 Å². The average molecular weight is 445 g/mol. The Kier molecular flexibility index (Phi) is 6.03. The third kappa shape index (κ3) is 4.67. The first kappa shape index (κ1) is 21.6. The summed E-state index contributed by atoms with van der Waals surface area (Å²) < 4.78 is 11.4. The number of benzene rings is 3. The number of nitrogens with zero attached hydrogens (tertiary/aromatic N) is 2. The number of nitro groups is 1. The van der Waals surface area contributed by atoms with Crippen LogP contribution in [0.3, 0.4) is 0 Å². The second-order valence-corrected chi connectivity index (χ2v) is 7.05. The number of nitrogens with one attached hydrogen (secondary N) is 1. The lowest BCUT2D eigenvalue weighted by Crippen LogP contribution is -2.14. The number of methoxy groups -OCH3 is 1. The summed E-state index contributed by atoms with van der Waals surface area (Å²) in [7, 11) is 1.53. The quantitative estimate of drug-likeness (QED) is 0.321. The van der Waals surface area contributed by atoms with Crippen molar-refractivity contribution in [1.29, 1.82) is 0 Å². The first-order valence-corrected chi connectivity index (χ1v) is 9.89. The molecule has 0 aliphatic rings. The van der Waals surface area contributed by atoms with Gasteiger partial charge >= 0.3 is 11.2 Å². The summed E-state index contributed by atoms with van der Waals surface area (Å²) >= 11 is 0. The van der Waals surface area contributed by atoms with Gasteiger partial charge in [-0.05, 0) is 40.1 Å². The summed E-state index contributed by atoms with van der Waals surface area (Å²) in [6.45, 7) is 0.361. The van der Waals surface area contributed by atoms with Crippen molar-refractivity contribution in [2.24, 2.45) is 0 Å². The Labute approximate surface area is 187 Å². The number of rotatable bonds is 7. The molecule has 2 N–H and O–H groups in total. The van der Waals surface area contributed by atoms with Crippen LogP contribution in [0.4, 0.5) is 5.69 Å². The molecule has 0 bridgehead atoms. The van der Waals surface area contributed by atoms with E-state index in [9.17, 15) is 20.0 Å². The minimum atomic E-state index is -1.04. The monoisotopic (exact) mass is 445 g/mol. The predicted octanol–water partition coefficient (Wildman–Crippen LogP) is 4.29. The van der Waals surface area contributed by atoms with Crippen LogP contribution in [0.1, 0.15) is 17.0 Å². The van der Waals surface area contributed by atoms with Gasteiger partial charge in [0.1, 0.15) is 12.4 Å². The molecule has 9 nitrogen and oxygen atoms in total. The van der Waals surface area contributed by atoms with Crippen LogP contribution in [0.15, 0.2) is 65.5 Å². The number of hydrogen-bond acceptors (Lipinski definition) is 7. The van der Waals surface area contributed by atoms with E-state index in [1.54, 1.807) is 24.3 Å². The summed E-state index contributed by atoms with van der Waals surface area (Å²) in [5.41, 5.74) is -0.291. The van der Waals surface area contributed by atoms with Gasteiger partial charge in [-0.15, -0.1) is 0 Å². The molecule has 0 fully saturated rings. The lowest BCUT2D eigenvalue weighted by atomic mass is 10.1. The number of fused-ring (bicyclic) bond motifs is 1. The average Bonchev–Trinajstić information content (AvgIpc) is 2.81. The molecule has 33 heavy (non-hydrogen) atoms. The maximum atomic E-state index is 11.8. The van der Waals surface area contributed by atoms with Gasteiger partial charge in [-0.1, -0.05) is 54.6 Å². The number of aromatic amines is 1. The van der Waals surface area contributed by atoms with Gasteiger partial charge in [-0.3, -0.25) is 14.9 Å². The lowest BCUT2D eigenvalue weighted by Gasteiger charge is -2.13. The molecule has 0 amide bonds. The van der Waals surface area contributed by atoms with Crippen molar-refractivity contribution >= 4 is 28.6 Å². The normalized spacial score (nSPS) is 11.1. The first-order chi connectivity index (χ1) is 16.0. The zero-order valence-corrected chi connectivity index (χ0v) is 17.5. The highest BCUT2D eigenvalue weighted by atomic mass is 16.6. The Hall–Kier alpha value is -4.66. The fourth-order valence-corrected chi connectivity index (χ4v) is 3.37. The molecule has 0 saturated heterocycles. The van der Waals surface area contributed by atoms with E-state index in [1.165, 1.54) is 13.2 Å². The van der Waals surface area contributed by atoms with E-state index in [2.05, 4.69) is 9.97 Å². The molecule has 3 aromatic carbocycles. The molecule has 0 unspecified atom stereocenters. The fourth-order valence-electron chi connectivity index (χ4n) is 3.37. The zero-order valence-electron chi connectivity index (χ0n) is 17.5. The molecule has 1 heterocycles. The molecule has 0 aliphatic heterocycles. The van der Waals surface area contributed by atoms with E-state index in [0.29, 0.717) is 23.7 Å². The van der Waals surface area contributed by atoms with E-state index in [1.807, 2.05) is 42.5 Å². The first-order valence-electron chi connectivity index (χ1n) is 9.89. The third-order valence-electron chi connectivity index (χ3n) is 4.96. The van der Waals surface area contributed by atoms with Gasteiger partial charge in [-0.2, -0.15) is 4.98 Å². The minimum absolute atomic E-state index is 0.0293. The highest BCUT2D eigenvalue weighted by molar-refractivity contribution is 5.85. The molecular weight excluding hydrogens is 426 g/mol. The zero-order chi connectivity index (χ0) is 23.4. The van der Waals surface area contributed by atoms with E-state index < -0.39 is 22.0 Å². The third-order valence-corrected chi connectivity index (χ3v) is 4.96. The topological polar surface area (TPSA) is 128 Å². The molecular formula is C24H19N3O6. The summed E-state index contributed by atoms with van der Waals surface area (Å²) in [4.78, 5) is 27.4. The molecule has 0 saturated carbocycles. The van der Waals surface area contributed by atoms with Gasteiger partial charge in [-0.25, -0.2) is 0 Å². The smallest absolute Gasteiger partial charge is 0.395 e. The lowest BCUT2D eigenvalue weighted by molar-refractivity contribution is -0.387. The van der Waals surface area contributed by atoms with Gasteiger partial charge in [0, 0.05) is 0 Å². The van der Waals surface area contributed by atoms with Crippen LogP contribution < -0.4 is 15.0 Å². The summed E-state index contributed by atoms with van der Waals surface area (Å²) in [5.74, 6) is 0.0870. The maximum absolute atomic E-state index is 11.8. The van der Waals surface area contributed by atoms with Gasteiger partial charge in [0.15, 0.2) is 11.5 Å². The summed E-state index contributed by atoms with van der Waals surface area (Å²) in [6, 6.07) is 19.4. The number of ether oxygens (including phenoxy) is 2. The van der Waals surface area contributed by atoms with Crippen molar-refractivity contribution < 1.29 is 19.5 Å². The maximum Gasteiger partial charge on any atom is 0.395 e. The van der Waals surface area contributed by atoms with Crippen LogP contribution in [0.2, 0.25) is 0 Å². The SMILES string of the molecule is COc1cc(/C=C/c2nc(O)c([N+](=O)[O-])c(=O)[nH]2)ccc1OCc1cccc2ccccc12. The van der Waals surface area contributed by atoms with Crippen molar-refractivity contribution in [2.45, 2.75) is 6.61 Å². The van der Waals surface area contributed by atoms with Crippen molar-refractivity contribution in [2.75, 3.05) is 7.11 Å². The Morgan fingerprint density at radius 1 is 1.09 bits per heavy atom. The second kappa shape index (κ2) is 9.23. The van der Waals surface area contributed by atoms with Crippen LogP contribution in [0, 0.1) is 10.1 Å². The molecule has 0 aliphatic carbocycles. The van der Waals surface area contributed by atoms with Crippen LogP contribution in [0.5, 0.6) is 17.4 Å². The van der Waals surface area contributed by atoms with E-state index in [0.717, 1.165) is 16.3 Å². The number of aromatic hydroxyl groups is 1. The molecule has 4 rings (SSSR count). The molecule has 4 aromatic rings. The van der Waals surface area contributed by atoms with Crippen molar-refractivity contribution in [1.82, 2.24) is 9.97 Å². The number of hydrogen-bond donors (Lipinski definition) is 2. The highest BCUT2D eigenvalue weighted by Crippen LogP contribution is 2.30. The number of H-pyrrole nitrogens is 1. The Morgan fingerprint density at radius 2 is 1.88 bits per heavy atom. The molecule has 1 aromatic heterocycles.